The molecule has 1 aliphatic heterocycles. The predicted octanol–water partition coefficient (Wildman–Crippen LogP) is 3.66. The Bertz CT molecular complexity index is 641. The Morgan fingerprint density at radius 1 is 1.05 bits per heavy atom. The van der Waals surface area contributed by atoms with Crippen LogP contribution in [0, 0.1) is 11.8 Å². The quantitative estimate of drug-likeness (QED) is 0.739. The Balaban J connectivity index is 1.98. The lowest BCUT2D eigenvalue weighted by molar-refractivity contribution is -0.147. The minimum Gasteiger partial charge on any atom is -0.277 e. The fourth-order valence-electron chi connectivity index (χ4n) is 3.55. The fraction of sp³-hybridized carbons (Fsp3) is 0.500. The molecule has 0 bridgehead atoms. The number of halogens is 2. The standard InChI is InChI=1S/C16H17Cl2NO2/c1-15(2,3)19-13(20)11-12(14(19)21)16(11,4)8-5-6-9(17)10(18)7-8/h5-7,11-12H,1-4H3/t11-,12+,16?. The number of carbonyl (C=O) groups is 2. The minimum atomic E-state index is -0.472. The molecule has 2 fully saturated rings. The average Bonchev–Trinajstić information content (AvgIpc) is 2.87. The van der Waals surface area contributed by atoms with Gasteiger partial charge in [-0.15, -0.1) is 0 Å². The first-order chi connectivity index (χ1) is 9.60. The molecule has 1 saturated carbocycles. The van der Waals surface area contributed by atoms with E-state index >= 15 is 0 Å². The second kappa shape index (κ2) is 4.23. The molecule has 1 aromatic carbocycles. The van der Waals surface area contributed by atoms with Crippen LogP contribution >= 0.6 is 23.2 Å². The van der Waals surface area contributed by atoms with Gasteiger partial charge in [0.05, 0.1) is 21.9 Å². The SMILES string of the molecule is CC1(c2ccc(Cl)c(Cl)c2)[C@@H]2C(=O)N(C(C)(C)C)C(=O)[C@@H]21. The minimum absolute atomic E-state index is 0.0777. The number of nitrogens with zero attached hydrogens (tertiary/aromatic N) is 1. The van der Waals surface area contributed by atoms with Crippen molar-refractivity contribution in [3.8, 4) is 0 Å². The lowest BCUT2D eigenvalue weighted by atomic mass is 9.90. The third kappa shape index (κ3) is 1.87. The first-order valence-corrected chi connectivity index (χ1v) is 7.69. The number of amides is 2. The van der Waals surface area contributed by atoms with Crippen molar-refractivity contribution < 1.29 is 9.59 Å². The van der Waals surface area contributed by atoms with Gasteiger partial charge in [0, 0.05) is 11.0 Å². The molecule has 0 N–H and O–H groups in total. The van der Waals surface area contributed by atoms with Crippen LogP contribution in [0.1, 0.15) is 33.3 Å². The molecule has 2 amide bonds. The number of rotatable bonds is 1. The summed E-state index contributed by atoms with van der Waals surface area (Å²) in [4.78, 5) is 26.6. The number of likely N-dealkylation sites (tertiary alicyclic amines) is 1. The van der Waals surface area contributed by atoms with E-state index in [0.29, 0.717) is 10.0 Å². The van der Waals surface area contributed by atoms with Crippen molar-refractivity contribution in [2.24, 2.45) is 11.8 Å². The Hall–Kier alpha value is -1.06. The van der Waals surface area contributed by atoms with Crippen molar-refractivity contribution in [3.05, 3.63) is 33.8 Å². The van der Waals surface area contributed by atoms with Crippen molar-refractivity contribution in [2.45, 2.75) is 38.6 Å². The number of hydrogen-bond acceptors (Lipinski definition) is 2. The van der Waals surface area contributed by atoms with Gasteiger partial charge in [0.1, 0.15) is 0 Å². The fourth-order valence-corrected chi connectivity index (χ4v) is 3.85. The molecule has 21 heavy (non-hydrogen) atoms. The normalized spacial score (nSPS) is 31.6. The van der Waals surface area contributed by atoms with Gasteiger partial charge in [0.2, 0.25) is 11.8 Å². The smallest absolute Gasteiger partial charge is 0.234 e. The molecular weight excluding hydrogens is 309 g/mol. The molecular formula is C16H17Cl2NO2. The highest BCUT2D eigenvalue weighted by atomic mass is 35.5. The van der Waals surface area contributed by atoms with Crippen LogP contribution in [0.2, 0.25) is 10.0 Å². The first kappa shape index (κ1) is 14.9. The maximum atomic E-state index is 12.6. The number of carbonyl (C=O) groups excluding carboxylic acids is 2. The molecule has 1 aliphatic carbocycles. The van der Waals surface area contributed by atoms with Gasteiger partial charge >= 0.3 is 0 Å². The molecule has 1 aromatic rings. The van der Waals surface area contributed by atoms with Gasteiger partial charge in [-0.1, -0.05) is 36.2 Å². The van der Waals surface area contributed by atoms with E-state index in [4.69, 9.17) is 23.2 Å². The van der Waals surface area contributed by atoms with Crippen LogP contribution in [0.5, 0.6) is 0 Å². The zero-order valence-electron chi connectivity index (χ0n) is 12.4. The van der Waals surface area contributed by atoms with Gasteiger partial charge in [-0.2, -0.15) is 0 Å². The lowest BCUT2D eigenvalue weighted by Crippen LogP contribution is -2.49. The van der Waals surface area contributed by atoms with E-state index in [0.717, 1.165) is 5.56 Å². The topological polar surface area (TPSA) is 37.4 Å². The zero-order valence-corrected chi connectivity index (χ0v) is 13.9. The summed E-state index contributed by atoms with van der Waals surface area (Å²) in [6.07, 6.45) is 0. The van der Waals surface area contributed by atoms with Gasteiger partial charge in [0.25, 0.3) is 0 Å². The maximum Gasteiger partial charge on any atom is 0.234 e. The van der Waals surface area contributed by atoms with Crippen molar-refractivity contribution in [3.63, 3.8) is 0 Å². The highest BCUT2D eigenvalue weighted by molar-refractivity contribution is 6.42. The third-order valence-electron chi connectivity index (χ3n) is 4.70. The van der Waals surface area contributed by atoms with E-state index < -0.39 is 11.0 Å². The molecule has 5 heteroatoms. The molecule has 3 rings (SSSR count). The number of piperidine rings is 1. The Morgan fingerprint density at radius 3 is 2.00 bits per heavy atom. The third-order valence-corrected chi connectivity index (χ3v) is 5.44. The van der Waals surface area contributed by atoms with Crippen LogP contribution in [0.3, 0.4) is 0 Å². The predicted molar refractivity (Wildman–Crippen MR) is 82.4 cm³/mol. The van der Waals surface area contributed by atoms with Gasteiger partial charge in [-0.05, 0) is 38.5 Å². The summed E-state index contributed by atoms with van der Waals surface area (Å²) in [5.41, 5.74) is -0.0215. The molecule has 3 nitrogen and oxygen atoms in total. The molecule has 2 aliphatic rings. The van der Waals surface area contributed by atoms with E-state index in [2.05, 4.69) is 0 Å². The summed E-state index contributed by atoms with van der Waals surface area (Å²) in [7, 11) is 0. The monoisotopic (exact) mass is 325 g/mol. The zero-order chi connectivity index (χ0) is 15.7. The summed E-state index contributed by atoms with van der Waals surface area (Å²) < 4.78 is 0. The van der Waals surface area contributed by atoms with Crippen LogP contribution in [0.4, 0.5) is 0 Å². The number of hydrogen-bond donors (Lipinski definition) is 0. The van der Waals surface area contributed by atoms with E-state index in [9.17, 15) is 9.59 Å². The second-order valence-corrected chi connectivity index (χ2v) is 7.86. The van der Waals surface area contributed by atoms with Crippen molar-refractivity contribution in [1.82, 2.24) is 4.90 Å². The molecule has 1 unspecified atom stereocenters. The van der Waals surface area contributed by atoms with Crippen molar-refractivity contribution in [1.29, 1.82) is 0 Å². The van der Waals surface area contributed by atoms with Gasteiger partial charge in [-0.3, -0.25) is 14.5 Å². The lowest BCUT2D eigenvalue weighted by Gasteiger charge is -2.33. The van der Waals surface area contributed by atoms with Gasteiger partial charge in [0.15, 0.2) is 0 Å². The summed E-state index contributed by atoms with van der Waals surface area (Å²) in [6.45, 7) is 7.59. The number of benzene rings is 1. The molecule has 0 spiro atoms. The Morgan fingerprint density at radius 2 is 1.57 bits per heavy atom. The summed E-state index contributed by atoms with van der Waals surface area (Å²) >= 11 is 12.0. The molecule has 0 radical (unpaired) electrons. The van der Waals surface area contributed by atoms with Crippen LogP contribution in [-0.2, 0) is 15.0 Å². The summed E-state index contributed by atoms with van der Waals surface area (Å²) in [6, 6.07) is 5.34. The highest BCUT2D eigenvalue weighted by Gasteiger charge is 2.76. The van der Waals surface area contributed by atoms with Crippen molar-refractivity contribution >= 4 is 35.0 Å². The summed E-state index contributed by atoms with van der Waals surface area (Å²) in [5, 5.41) is 0.928. The van der Waals surface area contributed by atoms with E-state index in [1.165, 1.54) is 4.90 Å². The largest absolute Gasteiger partial charge is 0.277 e. The second-order valence-electron chi connectivity index (χ2n) is 7.05. The van der Waals surface area contributed by atoms with Crippen LogP contribution < -0.4 is 0 Å². The first-order valence-electron chi connectivity index (χ1n) is 6.93. The van der Waals surface area contributed by atoms with Gasteiger partial charge in [-0.25, -0.2) is 0 Å². The van der Waals surface area contributed by atoms with E-state index in [1.54, 1.807) is 12.1 Å². The molecule has 1 saturated heterocycles. The number of fused-ring (bicyclic) bond motifs is 1. The molecule has 3 atom stereocenters. The van der Waals surface area contributed by atoms with E-state index in [-0.39, 0.29) is 23.7 Å². The molecule has 1 heterocycles. The summed E-state index contributed by atoms with van der Waals surface area (Å²) in [5.74, 6) is -0.708. The molecule has 0 aromatic heterocycles. The van der Waals surface area contributed by atoms with Crippen LogP contribution in [0.25, 0.3) is 0 Å². The Kier molecular flexibility index (Phi) is 3.00. The van der Waals surface area contributed by atoms with E-state index in [1.807, 2.05) is 33.8 Å². The molecule has 112 valence electrons. The van der Waals surface area contributed by atoms with Crippen molar-refractivity contribution in [2.75, 3.05) is 0 Å². The van der Waals surface area contributed by atoms with Crippen LogP contribution in [0.15, 0.2) is 18.2 Å². The van der Waals surface area contributed by atoms with Gasteiger partial charge < -0.3 is 0 Å². The number of imide groups is 1. The highest BCUT2D eigenvalue weighted by Crippen LogP contribution is 2.65. The Labute approximate surface area is 134 Å². The average molecular weight is 326 g/mol. The van der Waals surface area contributed by atoms with Crippen LogP contribution in [-0.4, -0.2) is 22.3 Å². The maximum absolute atomic E-state index is 12.6.